The lowest BCUT2D eigenvalue weighted by Crippen LogP contribution is -2.28. The number of nitrogens with one attached hydrogen (secondary N) is 2. The van der Waals surface area contributed by atoms with E-state index in [9.17, 15) is 4.79 Å². The number of hydrogen-bond acceptors (Lipinski definition) is 5. The Kier molecular flexibility index (Phi) is 5.58. The molecule has 0 atom stereocenters. The normalized spacial score (nSPS) is 9.89. The molecular formula is C12H17N5O. The van der Waals surface area contributed by atoms with Crippen LogP contribution < -0.4 is 10.6 Å². The third kappa shape index (κ3) is 5.25. The van der Waals surface area contributed by atoms with Gasteiger partial charge in [-0.1, -0.05) is 13.8 Å². The number of hydrogen-bond donors (Lipinski definition) is 2. The first-order valence-electron chi connectivity index (χ1n) is 5.85. The molecule has 1 amide bonds. The SMILES string of the molecule is CC(C)CNC(=O)CCNc1nccc(C#N)n1. The molecule has 2 N–H and O–H groups in total. The zero-order valence-corrected chi connectivity index (χ0v) is 10.6. The molecule has 18 heavy (non-hydrogen) atoms. The van der Waals surface area contributed by atoms with E-state index in [1.807, 2.05) is 19.9 Å². The van der Waals surface area contributed by atoms with Crippen molar-refractivity contribution in [1.29, 1.82) is 5.26 Å². The highest BCUT2D eigenvalue weighted by Gasteiger charge is 2.03. The van der Waals surface area contributed by atoms with E-state index >= 15 is 0 Å². The fraction of sp³-hybridized carbons (Fsp3) is 0.500. The van der Waals surface area contributed by atoms with Gasteiger partial charge >= 0.3 is 0 Å². The van der Waals surface area contributed by atoms with Gasteiger partial charge in [0.25, 0.3) is 0 Å². The fourth-order valence-electron chi connectivity index (χ4n) is 1.20. The predicted molar refractivity (Wildman–Crippen MR) is 67.7 cm³/mol. The molecule has 0 bridgehead atoms. The van der Waals surface area contributed by atoms with Crippen molar-refractivity contribution in [3.8, 4) is 6.07 Å². The Morgan fingerprint density at radius 2 is 2.33 bits per heavy atom. The summed E-state index contributed by atoms with van der Waals surface area (Å²) in [6.07, 6.45) is 1.86. The molecule has 0 fully saturated rings. The molecule has 1 aromatic rings. The van der Waals surface area contributed by atoms with Crippen molar-refractivity contribution in [2.75, 3.05) is 18.4 Å². The highest BCUT2D eigenvalue weighted by Crippen LogP contribution is 1.99. The van der Waals surface area contributed by atoms with Gasteiger partial charge in [-0.2, -0.15) is 5.26 Å². The first kappa shape index (κ1) is 13.9. The summed E-state index contributed by atoms with van der Waals surface area (Å²) in [4.78, 5) is 19.3. The van der Waals surface area contributed by atoms with Crippen molar-refractivity contribution < 1.29 is 4.79 Å². The van der Waals surface area contributed by atoms with E-state index in [0.29, 0.717) is 37.1 Å². The van der Waals surface area contributed by atoms with Crippen LogP contribution in [0.5, 0.6) is 0 Å². The molecule has 0 aliphatic carbocycles. The largest absolute Gasteiger partial charge is 0.356 e. The highest BCUT2D eigenvalue weighted by molar-refractivity contribution is 5.76. The topological polar surface area (TPSA) is 90.7 Å². The van der Waals surface area contributed by atoms with Crippen molar-refractivity contribution >= 4 is 11.9 Å². The van der Waals surface area contributed by atoms with Crippen LogP contribution in [0.15, 0.2) is 12.3 Å². The van der Waals surface area contributed by atoms with Gasteiger partial charge in [0.2, 0.25) is 11.9 Å². The first-order valence-corrected chi connectivity index (χ1v) is 5.85. The fourth-order valence-corrected chi connectivity index (χ4v) is 1.20. The molecule has 0 saturated carbocycles. The Labute approximate surface area is 106 Å². The molecule has 0 aliphatic heterocycles. The van der Waals surface area contributed by atoms with Crippen LogP contribution in [-0.4, -0.2) is 29.0 Å². The zero-order valence-electron chi connectivity index (χ0n) is 10.6. The lowest BCUT2D eigenvalue weighted by Gasteiger charge is -2.08. The van der Waals surface area contributed by atoms with Crippen LogP contribution in [0.3, 0.4) is 0 Å². The van der Waals surface area contributed by atoms with Crippen molar-refractivity contribution in [3.05, 3.63) is 18.0 Å². The average molecular weight is 247 g/mol. The third-order valence-electron chi connectivity index (χ3n) is 2.11. The van der Waals surface area contributed by atoms with Crippen LogP contribution in [-0.2, 0) is 4.79 Å². The number of nitrogens with zero attached hydrogens (tertiary/aromatic N) is 3. The average Bonchev–Trinajstić information content (AvgIpc) is 2.36. The van der Waals surface area contributed by atoms with Crippen LogP contribution in [0.25, 0.3) is 0 Å². The Morgan fingerprint density at radius 1 is 1.56 bits per heavy atom. The number of carbonyl (C=O) groups is 1. The Morgan fingerprint density at radius 3 is 3.00 bits per heavy atom. The minimum absolute atomic E-state index is 0.00682. The monoisotopic (exact) mass is 247 g/mol. The number of carbonyl (C=O) groups excluding carboxylic acids is 1. The van der Waals surface area contributed by atoms with E-state index in [1.54, 1.807) is 0 Å². The molecule has 0 saturated heterocycles. The number of nitriles is 1. The second-order valence-electron chi connectivity index (χ2n) is 4.25. The lowest BCUT2D eigenvalue weighted by molar-refractivity contribution is -0.120. The molecule has 1 rings (SSSR count). The Hall–Kier alpha value is -2.16. The maximum absolute atomic E-state index is 11.4. The number of amides is 1. The van der Waals surface area contributed by atoms with Gasteiger partial charge in [-0.25, -0.2) is 9.97 Å². The van der Waals surface area contributed by atoms with Gasteiger partial charge in [-0.15, -0.1) is 0 Å². The summed E-state index contributed by atoms with van der Waals surface area (Å²) >= 11 is 0. The van der Waals surface area contributed by atoms with Crippen LogP contribution in [0, 0.1) is 17.2 Å². The molecule has 0 aliphatic rings. The summed E-state index contributed by atoms with van der Waals surface area (Å²) in [7, 11) is 0. The quantitative estimate of drug-likeness (QED) is 0.780. The van der Waals surface area contributed by atoms with Gasteiger partial charge in [0.05, 0.1) is 0 Å². The molecule has 1 heterocycles. The predicted octanol–water partition coefficient (Wildman–Crippen LogP) is 0.922. The maximum Gasteiger partial charge on any atom is 0.223 e. The van der Waals surface area contributed by atoms with E-state index in [4.69, 9.17) is 5.26 Å². The van der Waals surface area contributed by atoms with Gasteiger partial charge < -0.3 is 10.6 Å². The molecule has 0 unspecified atom stereocenters. The van der Waals surface area contributed by atoms with Gasteiger partial charge in [0, 0.05) is 25.7 Å². The Bertz CT molecular complexity index is 438. The van der Waals surface area contributed by atoms with Crippen molar-refractivity contribution in [2.45, 2.75) is 20.3 Å². The van der Waals surface area contributed by atoms with E-state index < -0.39 is 0 Å². The maximum atomic E-state index is 11.4. The Balaban J connectivity index is 2.29. The molecule has 0 spiro atoms. The second kappa shape index (κ2) is 7.22. The summed E-state index contributed by atoms with van der Waals surface area (Å²) < 4.78 is 0. The summed E-state index contributed by atoms with van der Waals surface area (Å²) in [5.41, 5.74) is 0.303. The van der Waals surface area contributed by atoms with Crippen LogP contribution in [0.2, 0.25) is 0 Å². The smallest absolute Gasteiger partial charge is 0.223 e. The van der Waals surface area contributed by atoms with Gasteiger partial charge in [0.15, 0.2) is 0 Å². The van der Waals surface area contributed by atoms with Gasteiger partial charge in [-0.3, -0.25) is 4.79 Å². The summed E-state index contributed by atoms with van der Waals surface area (Å²) in [5.74, 6) is 0.802. The van der Waals surface area contributed by atoms with Gasteiger partial charge in [0.1, 0.15) is 11.8 Å². The summed E-state index contributed by atoms with van der Waals surface area (Å²) in [5, 5.41) is 14.4. The molecule has 0 radical (unpaired) electrons. The number of aromatic nitrogens is 2. The van der Waals surface area contributed by atoms with Crippen LogP contribution >= 0.6 is 0 Å². The molecule has 6 heteroatoms. The highest BCUT2D eigenvalue weighted by atomic mass is 16.1. The van der Waals surface area contributed by atoms with E-state index in [2.05, 4.69) is 20.6 Å². The molecule has 6 nitrogen and oxygen atoms in total. The van der Waals surface area contributed by atoms with E-state index in [-0.39, 0.29) is 5.91 Å². The minimum atomic E-state index is -0.00682. The molecule has 1 aromatic heterocycles. The van der Waals surface area contributed by atoms with Crippen LogP contribution in [0.1, 0.15) is 26.0 Å². The van der Waals surface area contributed by atoms with Crippen molar-refractivity contribution in [3.63, 3.8) is 0 Å². The van der Waals surface area contributed by atoms with Crippen molar-refractivity contribution in [1.82, 2.24) is 15.3 Å². The number of rotatable bonds is 6. The second-order valence-corrected chi connectivity index (χ2v) is 4.25. The number of anilines is 1. The standard InChI is InChI=1S/C12H17N5O/c1-9(2)8-16-11(18)4-6-15-12-14-5-3-10(7-13)17-12/h3,5,9H,4,6,8H2,1-2H3,(H,16,18)(H,14,15,17). The summed E-state index contributed by atoms with van der Waals surface area (Å²) in [6.45, 7) is 5.21. The first-order chi connectivity index (χ1) is 8.61. The zero-order chi connectivity index (χ0) is 13.4. The van der Waals surface area contributed by atoms with Crippen LogP contribution in [0.4, 0.5) is 5.95 Å². The van der Waals surface area contributed by atoms with Gasteiger partial charge in [-0.05, 0) is 12.0 Å². The lowest BCUT2D eigenvalue weighted by atomic mass is 10.2. The molecule has 96 valence electrons. The third-order valence-corrected chi connectivity index (χ3v) is 2.11. The molecular weight excluding hydrogens is 230 g/mol. The van der Waals surface area contributed by atoms with Crippen molar-refractivity contribution in [2.24, 2.45) is 5.92 Å². The molecule has 0 aromatic carbocycles. The minimum Gasteiger partial charge on any atom is -0.356 e. The van der Waals surface area contributed by atoms with E-state index in [1.165, 1.54) is 12.3 Å². The van der Waals surface area contributed by atoms with E-state index in [0.717, 1.165) is 0 Å². The summed E-state index contributed by atoms with van der Waals surface area (Å²) in [6, 6.07) is 3.46.